The van der Waals surface area contributed by atoms with Crippen molar-refractivity contribution in [3.8, 4) is 0 Å². The van der Waals surface area contributed by atoms with Crippen molar-refractivity contribution in [1.29, 1.82) is 0 Å². The van der Waals surface area contributed by atoms with Crippen LogP contribution in [0.5, 0.6) is 0 Å². The minimum absolute atomic E-state index is 0.231. The SMILES string of the molecule is CCOC(=O)Cc1csc(N(C)Cc2scnc2C)n1. The molecular formula is C13H17N3O2S2. The highest BCUT2D eigenvalue weighted by Crippen LogP contribution is 2.23. The highest BCUT2D eigenvalue weighted by Gasteiger charge is 2.12. The normalized spacial score (nSPS) is 10.6. The van der Waals surface area contributed by atoms with Gasteiger partial charge in [-0.25, -0.2) is 9.97 Å². The van der Waals surface area contributed by atoms with Crippen molar-refractivity contribution in [3.63, 3.8) is 0 Å². The zero-order chi connectivity index (χ0) is 14.5. The van der Waals surface area contributed by atoms with Crippen molar-refractivity contribution in [2.75, 3.05) is 18.6 Å². The summed E-state index contributed by atoms with van der Waals surface area (Å²) in [6, 6.07) is 0. The lowest BCUT2D eigenvalue weighted by atomic mass is 10.3. The van der Waals surface area contributed by atoms with Crippen molar-refractivity contribution < 1.29 is 9.53 Å². The fourth-order valence-corrected chi connectivity index (χ4v) is 3.30. The Balaban J connectivity index is 1.97. The van der Waals surface area contributed by atoms with Crippen molar-refractivity contribution in [2.45, 2.75) is 26.8 Å². The summed E-state index contributed by atoms with van der Waals surface area (Å²) in [5.74, 6) is -0.231. The molecule has 20 heavy (non-hydrogen) atoms. The van der Waals surface area contributed by atoms with Gasteiger partial charge >= 0.3 is 5.97 Å². The quantitative estimate of drug-likeness (QED) is 0.768. The third-order valence-electron chi connectivity index (χ3n) is 2.72. The second-order valence-electron chi connectivity index (χ2n) is 4.32. The van der Waals surface area contributed by atoms with Gasteiger partial charge in [0.15, 0.2) is 5.13 Å². The summed E-state index contributed by atoms with van der Waals surface area (Å²) in [5, 5.41) is 2.81. The van der Waals surface area contributed by atoms with Crippen molar-refractivity contribution >= 4 is 33.8 Å². The van der Waals surface area contributed by atoms with E-state index in [0.29, 0.717) is 6.61 Å². The molecule has 0 spiro atoms. The predicted molar refractivity (Wildman–Crippen MR) is 81.4 cm³/mol. The van der Waals surface area contributed by atoms with E-state index in [4.69, 9.17) is 4.74 Å². The van der Waals surface area contributed by atoms with Crippen LogP contribution >= 0.6 is 22.7 Å². The number of aromatic nitrogens is 2. The van der Waals surface area contributed by atoms with E-state index in [-0.39, 0.29) is 12.4 Å². The molecule has 0 fully saturated rings. The Morgan fingerprint density at radius 1 is 1.45 bits per heavy atom. The van der Waals surface area contributed by atoms with Crippen LogP contribution in [0.15, 0.2) is 10.9 Å². The van der Waals surface area contributed by atoms with Crippen LogP contribution in [0.2, 0.25) is 0 Å². The van der Waals surface area contributed by atoms with Crippen molar-refractivity contribution in [2.24, 2.45) is 0 Å². The van der Waals surface area contributed by atoms with Gasteiger partial charge in [-0.15, -0.1) is 22.7 Å². The van der Waals surface area contributed by atoms with Crippen LogP contribution in [0.4, 0.5) is 5.13 Å². The zero-order valence-electron chi connectivity index (χ0n) is 11.8. The molecule has 0 radical (unpaired) electrons. The molecule has 0 aliphatic heterocycles. The van der Waals surface area contributed by atoms with Gasteiger partial charge < -0.3 is 9.64 Å². The number of rotatable bonds is 6. The molecule has 2 aromatic rings. The van der Waals surface area contributed by atoms with Crippen molar-refractivity contribution in [3.05, 3.63) is 27.2 Å². The number of anilines is 1. The second-order valence-corrected chi connectivity index (χ2v) is 6.10. The summed E-state index contributed by atoms with van der Waals surface area (Å²) in [6.07, 6.45) is 0.234. The highest BCUT2D eigenvalue weighted by atomic mass is 32.1. The van der Waals surface area contributed by atoms with Gasteiger partial charge in [0, 0.05) is 17.3 Å². The lowest BCUT2D eigenvalue weighted by Gasteiger charge is -2.14. The fraction of sp³-hybridized carbons (Fsp3) is 0.462. The maximum Gasteiger partial charge on any atom is 0.311 e. The number of nitrogens with zero attached hydrogens (tertiary/aromatic N) is 3. The van der Waals surface area contributed by atoms with Crippen LogP contribution in [0.25, 0.3) is 0 Å². The number of esters is 1. The average molecular weight is 311 g/mol. The number of carbonyl (C=O) groups excluding carboxylic acids is 1. The van der Waals surface area contributed by atoms with Gasteiger partial charge in [-0.05, 0) is 13.8 Å². The van der Waals surface area contributed by atoms with E-state index in [1.54, 1.807) is 18.3 Å². The topological polar surface area (TPSA) is 55.3 Å². The molecule has 0 aliphatic rings. The fourth-order valence-electron chi connectivity index (χ4n) is 1.67. The average Bonchev–Trinajstić information content (AvgIpc) is 3.00. The zero-order valence-corrected chi connectivity index (χ0v) is 13.4. The Morgan fingerprint density at radius 2 is 2.25 bits per heavy atom. The summed E-state index contributed by atoms with van der Waals surface area (Å²) in [7, 11) is 1.99. The number of ether oxygens (including phenoxy) is 1. The van der Waals surface area contributed by atoms with Crippen LogP contribution < -0.4 is 4.90 Å². The molecule has 0 N–H and O–H groups in total. The molecule has 0 saturated heterocycles. The van der Waals surface area contributed by atoms with Gasteiger partial charge in [0.1, 0.15) is 0 Å². The van der Waals surface area contributed by atoms with E-state index < -0.39 is 0 Å². The Kier molecular flexibility index (Phi) is 5.08. The monoisotopic (exact) mass is 311 g/mol. The molecule has 0 saturated carbocycles. The smallest absolute Gasteiger partial charge is 0.311 e. The van der Waals surface area contributed by atoms with E-state index in [9.17, 15) is 4.79 Å². The number of carbonyl (C=O) groups is 1. The first-order valence-electron chi connectivity index (χ1n) is 6.30. The molecule has 0 aromatic carbocycles. The highest BCUT2D eigenvalue weighted by molar-refractivity contribution is 7.13. The van der Waals surface area contributed by atoms with Gasteiger partial charge in [0.05, 0.1) is 36.5 Å². The lowest BCUT2D eigenvalue weighted by Crippen LogP contribution is -2.16. The van der Waals surface area contributed by atoms with E-state index in [1.807, 2.05) is 24.9 Å². The Bertz CT molecular complexity index is 580. The predicted octanol–water partition coefficient (Wildman–Crippen LogP) is 2.65. The van der Waals surface area contributed by atoms with Crippen LogP contribution in [-0.4, -0.2) is 29.6 Å². The molecule has 0 unspecified atom stereocenters. The maximum atomic E-state index is 11.4. The van der Waals surface area contributed by atoms with Gasteiger partial charge in [-0.3, -0.25) is 4.79 Å². The van der Waals surface area contributed by atoms with Crippen molar-refractivity contribution in [1.82, 2.24) is 9.97 Å². The second kappa shape index (κ2) is 6.81. The number of aryl methyl sites for hydroxylation is 1. The molecular weight excluding hydrogens is 294 g/mol. The molecule has 2 heterocycles. The van der Waals surface area contributed by atoms with Gasteiger partial charge in [-0.1, -0.05) is 0 Å². The first-order chi connectivity index (χ1) is 9.60. The number of hydrogen-bond acceptors (Lipinski definition) is 7. The van der Waals surface area contributed by atoms with Gasteiger partial charge in [-0.2, -0.15) is 0 Å². The molecule has 0 amide bonds. The lowest BCUT2D eigenvalue weighted by molar-refractivity contribution is -0.142. The van der Waals surface area contributed by atoms with Crippen LogP contribution in [0.1, 0.15) is 23.2 Å². The largest absolute Gasteiger partial charge is 0.466 e. The van der Waals surface area contributed by atoms with E-state index in [1.165, 1.54) is 16.2 Å². The van der Waals surface area contributed by atoms with Crippen LogP contribution in [0, 0.1) is 6.92 Å². The van der Waals surface area contributed by atoms with Gasteiger partial charge in [0.2, 0.25) is 0 Å². The standard InChI is InChI=1S/C13H17N3O2S2/c1-4-18-12(17)5-10-7-19-13(15-10)16(3)6-11-9(2)14-8-20-11/h7-8H,4-6H2,1-3H3. The Hall–Kier alpha value is -1.47. The molecule has 0 bridgehead atoms. The molecule has 0 aliphatic carbocycles. The Labute approximate surface area is 126 Å². The summed E-state index contributed by atoms with van der Waals surface area (Å²) >= 11 is 3.18. The molecule has 2 aromatic heterocycles. The van der Waals surface area contributed by atoms with Gasteiger partial charge in [0.25, 0.3) is 0 Å². The third kappa shape index (κ3) is 3.77. The minimum atomic E-state index is -0.231. The Morgan fingerprint density at radius 3 is 2.90 bits per heavy atom. The van der Waals surface area contributed by atoms with Crippen LogP contribution in [0.3, 0.4) is 0 Å². The number of hydrogen-bond donors (Lipinski definition) is 0. The molecule has 5 nitrogen and oxygen atoms in total. The number of thiazole rings is 2. The van der Waals surface area contributed by atoms with Crippen LogP contribution in [-0.2, 0) is 22.5 Å². The van der Waals surface area contributed by atoms with E-state index in [2.05, 4.69) is 14.9 Å². The third-order valence-corrected chi connectivity index (χ3v) is 4.65. The first kappa shape index (κ1) is 14.9. The molecule has 108 valence electrons. The summed E-state index contributed by atoms with van der Waals surface area (Å²) < 4.78 is 4.92. The summed E-state index contributed by atoms with van der Waals surface area (Å²) in [6.45, 7) is 4.99. The molecule has 2 rings (SSSR count). The van der Waals surface area contributed by atoms with E-state index in [0.717, 1.165) is 23.1 Å². The maximum absolute atomic E-state index is 11.4. The minimum Gasteiger partial charge on any atom is -0.466 e. The summed E-state index contributed by atoms with van der Waals surface area (Å²) in [4.78, 5) is 23.4. The van der Waals surface area contributed by atoms with E-state index >= 15 is 0 Å². The molecule has 7 heteroatoms. The molecule has 0 atom stereocenters. The summed E-state index contributed by atoms with van der Waals surface area (Å²) in [5.41, 5.74) is 3.67. The first-order valence-corrected chi connectivity index (χ1v) is 8.06.